The van der Waals surface area contributed by atoms with Crippen LogP contribution in [0.1, 0.15) is 102 Å². The number of aryl methyl sites for hydroxylation is 1. The van der Waals surface area contributed by atoms with E-state index >= 15 is 0 Å². The van der Waals surface area contributed by atoms with Crippen molar-refractivity contribution in [3.05, 3.63) is 54.1 Å². The van der Waals surface area contributed by atoms with Crippen molar-refractivity contribution in [1.29, 1.82) is 0 Å². The van der Waals surface area contributed by atoms with Gasteiger partial charge in [-0.05, 0) is 67.6 Å². The highest BCUT2D eigenvalue weighted by Gasteiger charge is 2.11. The van der Waals surface area contributed by atoms with Gasteiger partial charge in [-0.3, -0.25) is 4.57 Å². The molecule has 0 spiro atoms. The maximum Gasteiger partial charge on any atom is 0.325 e. The average Bonchev–Trinajstić information content (AvgIpc) is 2.89. The van der Waals surface area contributed by atoms with Gasteiger partial charge in [0.25, 0.3) is 0 Å². The van der Waals surface area contributed by atoms with Gasteiger partial charge < -0.3 is 14.5 Å². The topological polar surface area (TPSA) is 91.5 Å². The highest BCUT2D eigenvalue weighted by atomic mass is 31.2. The molecule has 0 aliphatic rings. The zero-order valence-corrected chi connectivity index (χ0v) is 23.6. The third-order valence-corrected chi connectivity index (χ3v) is 7.38. The van der Waals surface area contributed by atoms with Crippen LogP contribution in [0, 0.1) is 0 Å². The van der Waals surface area contributed by atoms with Crippen LogP contribution in [-0.4, -0.2) is 22.6 Å². The largest absolute Gasteiger partial charge is 0.494 e. The first-order valence-corrected chi connectivity index (χ1v) is 16.0. The lowest BCUT2D eigenvalue weighted by atomic mass is 10.1. The Kier molecular flexibility index (Phi) is 16.1. The molecule has 0 radical (unpaired) electrons. The zero-order valence-electron chi connectivity index (χ0n) is 22.7. The van der Waals surface area contributed by atoms with E-state index in [4.69, 9.17) is 14.5 Å². The van der Waals surface area contributed by atoms with Crippen LogP contribution in [0.4, 0.5) is 11.4 Å². The Bertz CT molecular complexity index is 910. The summed E-state index contributed by atoms with van der Waals surface area (Å²) < 4.78 is 16.8. The molecule has 206 valence electrons. The lowest BCUT2D eigenvalue weighted by molar-refractivity contribution is 0.304. The average molecular weight is 531 g/mol. The minimum atomic E-state index is -3.89. The highest BCUT2D eigenvalue weighted by Crippen LogP contribution is 2.35. The molecule has 0 amide bonds. The Hall–Kier alpha value is -2.01. The SMILES string of the molecule is CCCCCCCCCCCCCCOc1ccc(N=Nc2ccc(CCCCP(=O)(O)O)cc2)cc1. The number of ether oxygens (including phenoxy) is 1. The van der Waals surface area contributed by atoms with Crippen LogP contribution in [-0.2, 0) is 11.0 Å². The molecule has 0 aliphatic carbocycles. The number of benzene rings is 2. The number of rotatable bonds is 21. The minimum absolute atomic E-state index is 0.0530. The van der Waals surface area contributed by atoms with Gasteiger partial charge in [-0.25, -0.2) is 0 Å². The van der Waals surface area contributed by atoms with Crippen LogP contribution in [0.25, 0.3) is 0 Å². The number of hydrogen-bond acceptors (Lipinski definition) is 4. The molecular formula is C30H47N2O4P. The normalized spacial score (nSPS) is 11.9. The van der Waals surface area contributed by atoms with Crippen molar-refractivity contribution in [1.82, 2.24) is 0 Å². The molecule has 0 bridgehead atoms. The molecule has 0 aliphatic heterocycles. The molecule has 2 aromatic carbocycles. The van der Waals surface area contributed by atoms with Crippen molar-refractivity contribution < 1.29 is 19.1 Å². The van der Waals surface area contributed by atoms with Gasteiger partial charge >= 0.3 is 7.60 Å². The number of unbranched alkanes of at least 4 members (excludes halogenated alkanes) is 12. The van der Waals surface area contributed by atoms with Gasteiger partial charge in [-0.15, -0.1) is 0 Å². The smallest absolute Gasteiger partial charge is 0.325 e. The second kappa shape index (κ2) is 19.1. The second-order valence-electron chi connectivity index (χ2n) is 9.94. The van der Waals surface area contributed by atoms with Gasteiger partial charge in [0.15, 0.2) is 0 Å². The molecule has 6 nitrogen and oxygen atoms in total. The van der Waals surface area contributed by atoms with E-state index in [1.54, 1.807) is 0 Å². The monoisotopic (exact) mass is 530 g/mol. The van der Waals surface area contributed by atoms with Gasteiger partial charge in [0.2, 0.25) is 0 Å². The summed E-state index contributed by atoms with van der Waals surface area (Å²) in [4.78, 5) is 17.8. The van der Waals surface area contributed by atoms with E-state index in [2.05, 4.69) is 17.2 Å². The van der Waals surface area contributed by atoms with Crippen LogP contribution in [0.2, 0.25) is 0 Å². The molecule has 0 saturated carbocycles. The predicted molar refractivity (Wildman–Crippen MR) is 153 cm³/mol. The maximum absolute atomic E-state index is 10.9. The summed E-state index contributed by atoms with van der Waals surface area (Å²) in [5.41, 5.74) is 2.67. The summed E-state index contributed by atoms with van der Waals surface area (Å²) in [7, 11) is -3.89. The summed E-state index contributed by atoms with van der Waals surface area (Å²) in [6, 6.07) is 15.5. The fourth-order valence-electron chi connectivity index (χ4n) is 4.23. The van der Waals surface area contributed by atoms with Crippen LogP contribution in [0.15, 0.2) is 58.8 Å². The first kappa shape index (κ1) is 31.2. The van der Waals surface area contributed by atoms with Gasteiger partial charge in [-0.2, -0.15) is 10.2 Å². The van der Waals surface area contributed by atoms with E-state index < -0.39 is 7.60 Å². The van der Waals surface area contributed by atoms with E-state index in [9.17, 15) is 4.57 Å². The molecular weight excluding hydrogens is 483 g/mol. The third-order valence-electron chi connectivity index (χ3n) is 6.49. The number of azo groups is 1. The Labute approximate surface area is 224 Å². The molecule has 0 aromatic heterocycles. The summed E-state index contributed by atoms with van der Waals surface area (Å²) in [6.07, 6.45) is 18.1. The Morgan fingerprint density at radius 3 is 1.65 bits per heavy atom. The summed E-state index contributed by atoms with van der Waals surface area (Å²) in [5.74, 6) is 0.866. The molecule has 0 atom stereocenters. The molecule has 37 heavy (non-hydrogen) atoms. The molecule has 0 unspecified atom stereocenters. The highest BCUT2D eigenvalue weighted by molar-refractivity contribution is 7.51. The Morgan fingerprint density at radius 1 is 0.649 bits per heavy atom. The zero-order chi connectivity index (χ0) is 26.6. The lowest BCUT2D eigenvalue weighted by Crippen LogP contribution is -1.96. The van der Waals surface area contributed by atoms with E-state index in [1.165, 1.54) is 70.6 Å². The van der Waals surface area contributed by atoms with E-state index in [1.807, 2.05) is 48.5 Å². The first-order valence-electron chi connectivity index (χ1n) is 14.2. The van der Waals surface area contributed by atoms with E-state index in [-0.39, 0.29) is 6.16 Å². The molecule has 0 saturated heterocycles. The standard InChI is InChI=1S/C30H47N2O4P/c1-2-3-4-5-6-7-8-9-10-11-12-14-25-36-30-23-21-29(22-24-30)32-31-28-19-17-27(18-20-28)16-13-15-26-37(33,34)35/h17-24H,2-16,25-26H2,1H3,(H2,33,34,35). The van der Waals surface area contributed by atoms with Gasteiger partial charge in [-0.1, -0.05) is 89.7 Å². The van der Waals surface area contributed by atoms with Crippen molar-refractivity contribution in [2.45, 2.75) is 103 Å². The fourth-order valence-corrected chi connectivity index (χ4v) is 4.87. The van der Waals surface area contributed by atoms with Crippen molar-refractivity contribution in [3.63, 3.8) is 0 Å². The van der Waals surface area contributed by atoms with Crippen LogP contribution >= 0.6 is 7.60 Å². The quantitative estimate of drug-likeness (QED) is 0.0954. The predicted octanol–water partition coefficient (Wildman–Crippen LogP) is 9.68. The minimum Gasteiger partial charge on any atom is -0.494 e. The molecule has 2 rings (SSSR count). The Balaban J connectivity index is 1.54. The fraction of sp³-hybridized carbons (Fsp3) is 0.600. The van der Waals surface area contributed by atoms with Gasteiger partial charge in [0, 0.05) is 6.16 Å². The van der Waals surface area contributed by atoms with E-state index in [0.717, 1.165) is 48.6 Å². The summed E-state index contributed by atoms with van der Waals surface area (Å²) >= 11 is 0. The second-order valence-corrected chi connectivity index (χ2v) is 11.7. The number of hydrogen-bond donors (Lipinski definition) is 2. The van der Waals surface area contributed by atoms with Crippen molar-refractivity contribution >= 4 is 19.0 Å². The molecule has 2 N–H and O–H groups in total. The van der Waals surface area contributed by atoms with Gasteiger partial charge in [0.05, 0.1) is 18.0 Å². The van der Waals surface area contributed by atoms with Crippen molar-refractivity contribution in [2.75, 3.05) is 12.8 Å². The molecule has 0 fully saturated rings. The number of nitrogens with zero attached hydrogens (tertiary/aromatic N) is 2. The summed E-state index contributed by atoms with van der Waals surface area (Å²) in [6.45, 7) is 3.02. The molecule has 7 heteroatoms. The lowest BCUT2D eigenvalue weighted by Gasteiger charge is -2.06. The van der Waals surface area contributed by atoms with E-state index in [0.29, 0.717) is 6.42 Å². The summed E-state index contributed by atoms with van der Waals surface area (Å²) in [5, 5.41) is 8.60. The molecule has 2 aromatic rings. The third kappa shape index (κ3) is 16.4. The van der Waals surface area contributed by atoms with Crippen LogP contribution < -0.4 is 4.74 Å². The first-order chi connectivity index (χ1) is 18.0. The van der Waals surface area contributed by atoms with Crippen LogP contribution in [0.3, 0.4) is 0 Å². The van der Waals surface area contributed by atoms with Crippen LogP contribution in [0.5, 0.6) is 5.75 Å². The van der Waals surface area contributed by atoms with Crippen molar-refractivity contribution in [2.24, 2.45) is 10.2 Å². The Morgan fingerprint density at radius 2 is 1.14 bits per heavy atom. The van der Waals surface area contributed by atoms with Gasteiger partial charge in [0.1, 0.15) is 5.75 Å². The maximum atomic E-state index is 10.9. The van der Waals surface area contributed by atoms with Crippen molar-refractivity contribution in [3.8, 4) is 5.75 Å². The molecule has 0 heterocycles.